The van der Waals surface area contributed by atoms with Crippen LogP contribution in [0.2, 0.25) is 0 Å². The number of nitrogens with zero attached hydrogens (tertiary/aromatic N) is 1. The first-order valence-corrected chi connectivity index (χ1v) is 3.22. The molecule has 1 aromatic heterocycles. The van der Waals surface area contributed by atoms with E-state index in [0.717, 1.165) is 12.3 Å². The van der Waals surface area contributed by atoms with Gasteiger partial charge in [0.2, 0.25) is 0 Å². The lowest BCUT2D eigenvalue weighted by molar-refractivity contribution is 0.481. The van der Waals surface area contributed by atoms with Crippen molar-refractivity contribution in [3.05, 3.63) is 16.8 Å². The molecule has 0 aliphatic heterocycles. The van der Waals surface area contributed by atoms with Gasteiger partial charge in [-0.05, 0) is 15.9 Å². The van der Waals surface area contributed by atoms with Crippen LogP contribution in [0.5, 0.6) is 0 Å². The molecule has 0 unspecified atom stereocenters. The summed E-state index contributed by atoms with van der Waals surface area (Å²) in [6.45, 7) is 2.00. The molecule has 0 spiro atoms. The average molecular weight is 176 g/mol. The predicted molar refractivity (Wildman–Crippen MR) is 33.6 cm³/mol. The Morgan fingerprint density at radius 2 is 2.62 bits per heavy atom. The molecule has 0 fully saturated rings. The van der Waals surface area contributed by atoms with Gasteiger partial charge in [0.25, 0.3) is 0 Å². The summed E-state index contributed by atoms with van der Waals surface area (Å²) in [7, 11) is 0. The van der Waals surface area contributed by atoms with Crippen LogP contribution in [0, 0.1) is 0 Å². The van der Waals surface area contributed by atoms with Crippen LogP contribution in [0.1, 0.15) is 12.8 Å². The van der Waals surface area contributed by atoms with Gasteiger partial charge in [0.1, 0.15) is 0 Å². The summed E-state index contributed by atoms with van der Waals surface area (Å²) in [6.07, 6.45) is 2.50. The predicted octanol–water partition coefficient (Wildman–Crippen LogP) is 2.00. The van der Waals surface area contributed by atoms with Gasteiger partial charge in [-0.25, -0.2) is 4.98 Å². The Morgan fingerprint density at radius 1 is 1.88 bits per heavy atom. The van der Waals surface area contributed by atoms with Crippen LogP contribution in [0.4, 0.5) is 0 Å². The molecule has 0 aliphatic carbocycles. The Hall–Kier alpha value is -0.310. The van der Waals surface area contributed by atoms with Crippen molar-refractivity contribution >= 4 is 15.9 Å². The Kier molecular flexibility index (Phi) is 1.68. The number of rotatable bonds is 1. The SMILES string of the molecule is CCc1ncc(Br)o1. The zero-order valence-corrected chi connectivity index (χ0v) is 6.10. The fraction of sp³-hybridized carbons (Fsp3) is 0.400. The lowest BCUT2D eigenvalue weighted by Gasteiger charge is -1.79. The molecule has 2 nitrogen and oxygen atoms in total. The van der Waals surface area contributed by atoms with Crippen molar-refractivity contribution in [2.45, 2.75) is 13.3 Å². The Labute approximate surface area is 56.0 Å². The van der Waals surface area contributed by atoms with Crippen molar-refractivity contribution in [3.63, 3.8) is 0 Å². The molecule has 44 valence electrons. The van der Waals surface area contributed by atoms with Gasteiger partial charge in [0, 0.05) is 6.42 Å². The summed E-state index contributed by atoms with van der Waals surface area (Å²) < 4.78 is 5.74. The smallest absolute Gasteiger partial charge is 0.195 e. The molecule has 0 aromatic carbocycles. The normalized spacial score (nSPS) is 9.75. The van der Waals surface area contributed by atoms with Crippen LogP contribution >= 0.6 is 15.9 Å². The number of hydrogen-bond donors (Lipinski definition) is 0. The standard InChI is InChI=1S/C5H6BrNO/c1-2-5-7-3-4(6)8-5/h3H,2H2,1H3. The van der Waals surface area contributed by atoms with Crippen molar-refractivity contribution in [2.75, 3.05) is 0 Å². The zero-order chi connectivity index (χ0) is 5.98. The Bertz CT molecular complexity index is 173. The molecule has 0 N–H and O–H groups in total. The molecule has 0 radical (unpaired) electrons. The lowest BCUT2D eigenvalue weighted by Crippen LogP contribution is -1.73. The average Bonchev–Trinajstić information content (AvgIpc) is 2.14. The molecule has 0 amide bonds. The highest BCUT2D eigenvalue weighted by molar-refractivity contribution is 9.10. The van der Waals surface area contributed by atoms with E-state index in [-0.39, 0.29) is 0 Å². The van der Waals surface area contributed by atoms with Gasteiger partial charge < -0.3 is 4.42 Å². The lowest BCUT2D eigenvalue weighted by atomic mass is 10.5. The summed E-state index contributed by atoms with van der Waals surface area (Å²) in [5.74, 6) is 0.775. The second kappa shape index (κ2) is 2.31. The van der Waals surface area contributed by atoms with Gasteiger partial charge in [-0.1, -0.05) is 6.92 Å². The van der Waals surface area contributed by atoms with E-state index in [4.69, 9.17) is 4.42 Å². The largest absolute Gasteiger partial charge is 0.434 e. The van der Waals surface area contributed by atoms with Crippen molar-refractivity contribution < 1.29 is 4.42 Å². The van der Waals surface area contributed by atoms with Crippen molar-refractivity contribution in [1.82, 2.24) is 4.98 Å². The molecule has 0 bridgehead atoms. The first-order valence-electron chi connectivity index (χ1n) is 2.43. The number of hydrogen-bond acceptors (Lipinski definition) is 2. The first-order chi connectivity index (χ1) is 3.83. The molecule has 1 aromatic rings. The zero-order valence-electron chi connectivity index (χ0n) is 4.52. The van der Waals surface area contributed by atoms with Gasteiger partial charge in [0.15, 0.2) is 10.6 Å². The molecule has 3 heteroatoms. The van der Waals surface area contributed by atoms with Gasteiger partial charge in [-0.15, -0.1) is 0 Å². The minimum atomic E-state index is 0.703. The van der Waals surface area contributed by atoms with Gasteiger partial charge in [-0.2, -0.15) is 0 Å². The maximum atomic E-state index is 5.04. The van der Waals surface area contributed by atoms with E-state index in [0.29, 0.717) is 4.67 Å². The minimum Gasteiger partial charge on any atom is -0.434 e. The molecule has 8 heavy (non-hydrogen) atoms. The summed E-state index contributed by atoms with van der Waals surface area (Å²) in [5.41, 5.74) is 0. The highest BCUT2D eigenvalue weighted by Gasteiger charge is 1.94. The molecule has 0 saturated carbocycles. The number of aryl methyl sites for hydroxylation is 1. The van der Waals surface area contributed by atoms with Crippen molar-refractivity contribution in [1.29, 1.82) is 0 Å². The summed E-state index contributed by atoms with van der Waals surface area (Å²) in [6, 6.07) is 0. The van der Waals surface area contributed by atoms with Gasteiger partial charge >= 0.3 is 0 Å². The molecule has 0 saturated heterocycles. The minimum absolute atomic E-state index is 0.703. The highest BCUT2D eigenvalue weighted by Crippen LogP contribution is 2.09. The molecule has 1 heterocycles. The summed E-state index contributed by atoms with van der Waals surface area (Å²) >= 11 is 3.14. The second-order valence-corrected chi connectivity index (χ2v) is 2.19. The summed E-state index contributed by atoms with van der Waals surface area (Å²) in [5, 5.41) is 0. The maximum Gasteiger partial charge on any atom is 0.195 e. The van der Waals surface area contributed by atoms with E-state index in [2.05, 4.69) is 20.9 Å². The van der Waals surface area contributed by atoms with E-state index in [1.165, 1.54) is 0 Å². The summed E-state index contributed by atoms with van der Waals surface area (Å²) in [4.78, 5) is 3.92. The molecular weight excluding hydrogens is 170 g/mol. The van der Waals surface area contributed by atoms with E-state index < -0.39 is 0 Å². The fourth-order valence-corrected chi connectivity index (χ4v) is 0.741. The fourth-order valence-electron chi connectivity index (χ4n) is 0.451. The van der Waals surface area contributed by atoms with Crippen LogP contribution < -0.4 is 0 Å². The van der Waals surface area contributed by atoms with E-state index in [1.807, 2.05) is 6.92 Å². The van der Waals surface area contributed by atoms with Crippen LogP contribution in [0.15, 0.2) is 15.3 Å². The second-order valence-electron chi connectivity index (χ2n) is 1.41. The maximum absolute atomic E-state index is 5.04. The number of aromatic nitrogens is 1. The third kappa shape index (κ3) is 1.10. The van der Waals surface area contributed by atoms with Gasteiger partial charge in [0.05, 0.1) is 6.20 Å². The third-order valence-electron chi connectivity index (χ3n) is 0.828. The van der Waals surface area contributed by atoms with Crippen molar-refractivity contribution in [3.8, 4) is 0 Å². The van der Waals surface area contributed by atoms with Crippen LogP contribution in [0.3, 0.4) is 0 Å². The quantitative estimate of drug-likeness (QED) is 0.653. The molecule has 0 aliphatic rings. The highest BCUT2D eigenvalue weighted by atomic mass is 79.9. The van der Waals surface area contributed by atoms with E-state index in [9.17, 15) is 0 Å². The molecular formula is C5H6BrNO. The Balaban J connectivity index is 2.84. The monoisotopic (exact) mass is 175 g/mol. The third-order valence-corrected chi connectivity index (χ3v) is 1.19. The van der Waals surface area contributed by atoms with Crippen molar-refractivity contribution in [2.24, 2.45) is 0 Å². The van der Waals surface area contributed by atoms with E-state index in [1.54, 1.807) is 6.20 Å². The number of oxazole rings is 1. The molecule has 1 rings (SSSR count). The Morgan fingerprint density at radius 3 is 2.88 bits per heavy atom. The topological polar surface area (TPSA) is 26.0 Å². The number of halogens is 1. The molecule has 0 atom stereocenters. The van der Waals surface area contributed by atoms with E-state index >= 15 is 0 Å². The van der Waals surface area contributed by atoms with Crippen LogP contribution in [-0.2, 0) is 6.42 Å². The van der Waals surface area contributed by atoms with Crippen LogP contribution in [-0.4, -0.2) is 4.98 Å². The van der Waals surface area contributed by atoms with Gasteiger partial charge in [-0.3, -0.25) is 0 Å². The van der Waals surface area contributed by atoms with Crippen LogP contribution in [0.25, 0.3) is 0 Å². The first kappa shape index (κ1) is 5.82.